The summed E-state index contributed by atoms with van der Waals surface area (Å²) < 4.78 is 41.5. The molecule has 9 heteroatoms. The predicted molar refractivity (Wildman–Crippen MR) is 103 cm³/mol. The zero-order valence-corrected chi connectivity index (χ0v) is 16.8. The Bertz CT molecular complexity index is 905. The maximum absolute atomic E-state index is 13.8. The Morgan fingerprint density at radius 2 is 1.76 bits per heavy atom. The molecule has 1 fully saturated rings. The lowest BCUT2D eigenvalue weighted by molar-refractivity contribution is -0.287. The molecule has 0 radical (unpaired) electrons. The molecule has 3 atom stereocenters. The van der Waals surface area contributed by atoms with Crippen molar-refractivity contribution in [3.05, 3.63) is 57.8 Å². The second-order valence-electron chi connectivity index (χ2n) is 8.03. The zero-order valence-electron chi connectivity index (χ0n) is 16.0. The zero-order chi connectivity index (χ0) is 21.6. The summed E-state index contributed by atoms with van der Waals surface area (Å²) in [6.07, 6.45) is -5.26. The Morgan fingerprint density at radius 1 is 1.14 bits per heavy atom. The first kappa shape index (κ1) is 21.3. The minimum Gasteiger partial charge on any atom is -0.363 e. The lowest BCUT2D eigenvalue weighted by Gasteiger charge is -2.45. The number of halogens is 3. The Labute approximate surface area is 169 Å². The van der Waals surface area contributed by atoms with E-state index in [-0.39, 0.29) is 10.3 Å². The van der Waals surface area contributed by atoms with Gasteiger partial charge < -0.3 is 15.7 Å². The molecule has 2 heterocycles. The molecule has 1 aromatic heterocycles. The van der Waals surface area contributed by atoms with Crippen molar-refractivity contribution in [2.24, 2.45) is 5.92 Å². The topological polar surface area (TPSA) is 78.4 Å². The van der Waals surface area contributed by atoms with Gasteiger partial charge >= 0.3 is 12.2 Å². The van der Waals surface area contributed by atoms with Gasteiger partial charge in [-0.1, -0.05) is 51.1 Å². The van der Waals surface area contributed by atoms with Gasteiger partial charge in [0.05, 0.1) is 10.9 Å². The first-order valence-electron chi connectivity index (χ1n) is 8.90. The third-order valence-electron chi connectivity index (χ3n) is 4.99. The fourth-order valence-electron chi connectivity index (χ4n) is 3.38. The standard InChI is InChI=1S/C20H21F3N2O3S/c1-18(2,3)12-8-6-11(7-9-12)15-14(16(26)13-5-4-10-29-13)19(28,20(21,22)23)25-17(27)24-15/h4-10,14-15,28H,1-3H3,(H2,24,25,27)/t14-,15-,19-/m0/s1. The molecular weight excluding hydrogens is 405 g/mol. The van der Waals surface area contributed by atoms with E-state index in [9.17, 15) is 27.9 Å². The van der Waals surface area contributed by atoms with Crippen molar-refractivity contribution in [3.63, 3.8) is 0 Å². The van der Waals surface area contributed by atoms with Gasteiger partial charge in [0.25, 0.3) is 0 Å². The predicted octanol–water partition coefficient (Wildman–Crippen LogP) is 4.15. The first-order chi connectivity index (χ1) is 13.3. The fourth-order valence-corrected chi connectivity index (χ4v) is 4.08. The van der Waals surface area contributed by atoms with Gasteiger partial charge in [-0.3, -0.25) is 4.79 Å². The molecule has 156 valence electrons. The fraction of sp³-hybridized carbons (Fsp3) is 0.400. The number of rotatable bonds is 3. The number of carbonyl (C=O) groups is 2. The summed E-state index contributed by atoms with van der Waals surface area (Å²) in [4.78, 5) is 25.1. The number of aliphatic hydroxyl groups is 1. The van der Waals surface area contributed by atoms with Crippen LogP contribution in [0.15, 0.2) is 41.8 Å². The molecule has 2 aromatic rings. The van der Waals surface area contributed by atoms with Crippen LogP contribution in [0, 0.1) is 5.92 Å². The maximum Gasteiger partial charge on any atom is 0.437 e. The molecule has 0 spiro atoms. The van der Waals surface area contributed by atoms with E-state index >= 15 is 0 Å². The lowest BCUT2D eigenvalue weighted by atomic mass is 9.78. The van der Waals surface area contributed by atoms with Crippen LogP contribution >= 0.6 is 11.3 Å². The van der Waals surface area contributed by atoms with Crippen LogP contribution in [-0.4, -0.2) is 28.8 Å². The average Bonchev–Trinajstić information content (AvgIpc) is 3.13. The summed E-state index contributed by atoms with van der Waals surface area (Å²) in [5, 5.41) is 16.0. The number of urea groups is 1. The Morgan fingerprint density at radius 3 is 2.24 bits per heavy atom. The average molecular weight is 426 g/mol. The summed E-state index contributed by atoms with van der Waals surface area (Å²) in [5.74, 6) is -2.91. The number of thiophene rings is 1. The Kier molecular flexibility index (Phi) is 5.25. The van der Waals surface area contributed by atoms with Crippen molar-refractivity contribution >= 4 is 23.2 Å². The number of nitrogens with one attached hydrogen (secondary N) is 2. The first-order valence-corrected chi connectivity index (χ1v) is 9.78. The molecule has 0 aliphatic carbocycles. The van der Waals surface area contributed by atoms with Crippen LogP contribution in [0.4, 0.5) is 18.0 Å². The van der Waals surface area contributed by atoms with Crippen LogP contribution in [0.1, 0.15) is 47.6 Å². The summed E-state index contributed by atoms with van der Waals surface area (Å²) in [5.41, 5.74) is -2.65. The molecule has 1 aromatic carbocycles. The van der Waals surface area contributed by atoms with Crippen molar-refractivity contribution in [2.45, 2.75) is 44.1 Å². The molecule has 2 amide bonds. The maximum atomic E-state index is 13.8. The van der Waals surface area contributed by atoms with Gasteiger partial charge in [0.2, 0.25) is 5.72 Å². The van der Waals surface area contributed by atoms with Gasteiger partial charge in [-0.2, -0.15) is 13.2 Å². The van der Waals surface area contributed by atoms with Crippen molar-refractivity contribution < 1.29 is 27.9 Å². The van der Waals surface area contributed by atoms with Gasteiger partial charge in [0, 0.05) is 0 Å². The third kappa shape index (κ3) is 3.89. The van der Waals surface area contributed by atoms with E-state index in [0.29, 0.717) is 5.56 Å². The molecule has 0 unspecified atom stereocenters. The lowest BCUT2D eigenvalue weighted by Crippen LogP contribution is -2.72. The molecule has 3 rings (SSSR count). The number of hydrogen-bond acceptors (Lipinski definition) is 4. The van der Waals surface area contributed by atoms with Crippen molar-refractivity contribution in [2.75, 3.05) is 0 Å². The van der Waals surface area contributed by atoms with Crippen molar-refractivity contribution in [3.8, 4) is 0 Å². The monoisotopic (exact) mass is 426 g/mol. The molecule has 3 N–H and O–H groups in total. The normalized spacial score (nSPS) is 25.3. The Balaban J connectivity index is 2.11. The van der Waals surface area contributed by atoms with E-state index in [1.807, 2.05) is 20.8 Å². The molecule has 0 saturated carbocycles. The minimum atomic E-state index is -5.26. The van der Waals surface area contributed by atoms with Gasteiger partial charge in [-0.15, -0.1) is 11.3 Å². The molecule has 5 nitrogen and oxygen atoms in total. The number of carbonyl (C=O) groups excluding carboxylic acids is 2. The van der Waals surface area contributed by atoms with Gasteiger partial charge in [-0.05, 0) is 28.0 Å². The van der Waals surface area contributed by atoms with Crippen LogP contribution in [0.25, 0.3) is 0 Å². The summed E-state index contributed by atoms with van der Waals surface area (Å²) in [6.45, 7) is 5.96. The number of alkyl halides is 3. The van der Waals surface area contributed by atoms with E-state index < -0.39 is 35.7 Å². The molecule has 29 heavy (non-hydrogen) atoms. The highest BCUT2D eigenvalue weighted by Gasteiger charge is 2.66. The molecule has 1 aliphatic rings. The van der Waals surface area contributed by atoms with Crippen LogP contribution < -0.4 is 10.6 Å². The molecular formula is C20H21F3N2O3S. The largest absolute Gasteiger partial charge is 0.437 e. The summed E-state index contributed by atoms with van der Waals surface area (Å²) in [6, 6.07) is 6.98. The third-order valence-corrected chi connectivity index (χ3v) is 5.87. The smallest absolute Gasteiger partial charge is 0.363 e. The number of hydrogen-bond donors (Lipinski definition) is 3. The molecule has 0 bridgehead atoms. The van der Waals surface area contributed by atoms with Crippen LogP contribution in [0.5, 0.6) is 0 Å². The van der Waals surface area contributed by atoms with Gasteiger partial charge in [0.1, 0.15) is 5.92 Å². The van der Waals surface area contributed by atoms with Crippen LogP contribution in [0.2, 0.25) is 0 Å². The highest BCUT2D eigenvalue weighted by Crippen LogP contribution is 2.44. The number of amides is 2. The molecule has 1 saturated heterocycles. The van der Waals surface area contributed by atoms with Crippen LogP contribution in [0.3, 0.4) is 0 Å². The SMILES string of the molecule is CC(C)(C)c1ccc([C@@H]2NC(=O)N[C@@](O)(C(F)(F)F)[C@@H]2C(=O)c2cccs2)cc1. The highest BCUT2D eigenvalue weighted by molar-refractivity contribution is 7.12. The number of Topliss-reactive ketones (excluding diaryl/α,β-unsaturated/α-hetero) is 1. The van der Waals surface area contributed by atoms with Crippen molar-refractivity contribution in [1.29, 1.82) is 0 Å². The quantitative estimate of drug-likeness (QED) is 0.646. The summed E-state index contributed by atoms with van der Waals surface area (Å²) >= 11 is 0.971. The minimum absolute atomic E-state index is 0.0620. The van der Waals surface area contributed by atoms with E-state index in [0.717, 1.165) is 16.9 Å². The van der Waals surface area contributed by atoms with Gasteiger partial charge in [0.15, 0.2) is 5.78 Å². The number of benzene rings is 1. The van der Waals surface area contributed by atoms with E-state index in [4.69, 9.17) is 0 Å². The van der Waals surface area contributed by atoms with Gasteiger partial charge in [-0.25, -0.2) is 4.79 Å². The van der Waals surface area contributed by atoms with Crippen LogP contribution in [-0.2, 0) is 5.41 Å². The Hall–Kier alpha value is -2.39. The van der Waals surface area contributed by atoms with E-state index in [2.05, 4.69) is 5.32 Å². The van der Waals surface area contributed by atoms with Crippen molar-refractivity contribution in [1.82, 2.24) is 10.6 Å². The highest BCUT2D eigenvalue weighted by atomic mass is 32.1. The van der Waals surface area contributed by atoms with E-state index in [1.165, 1.54) is 17.4 Å². The molecule has 1 aliphatic heterocycles. The van der Waals surface area contributed by atoms with E-state index in [1.54, 1.807) is 29.6 Å². The number of ketones is 1. The second kappa shape index (κ2) is 7.14. The second-order valence-corrected chi connectivity index (χ2v) is 8.98. The summed E-state index contributed by atoms with van der Waals surface area (Å²) in [7, 11) is 0.